The highest BCUT2D eigenvalue weighted by atomic mass is 16.5. The Labute approximate surface area is 101 Å². The van der Waals surface area contributed by atoms with E-state index in [9.17, 15) is 0 Å². The van der Waals surface area contributed by atoms with Crippen molar-refractivity contribution in [2.75, 3.05) is 40.4 Å². The topological polar surface area (TPSA) is 24.5 Å². The monoisotopic (exact) mass is 228 g/mol. The summed E-state index contributed by atoms with van der Waals surface area (Å²) in [6.07, 6.45) is 2.57. The molecule has 0 aromatic heterocycles. The molecule has 1 fully saturated rings. The molecule has 3 atom stereocenters. The van der Waals surface area contributed by atoms with Gasteiger partial charge in [0.1, 0.15) is 0 Å². The highest BCUT2D eigenvalue weighted by molar-refractivity contribution is 4.75. The highest BCUT2D eigenvalue weighted by Gasteiger charge is 2.21. The molecular weight excluding hydrogens is 200 g/mol. The molecule has 0 spiro atoms. The van der Waals surface area contributed by atoms with Gasteiger partial charge in [-0.05, 0) is 52.2 Å². The molecule has 1 aliphatic rings. The minimum absolute atomic E-state index is 0.634. The lowest BCUT2D eigenvalue weighted by Gasteiger charge is -2.34. The molecule has 3 nitrogen and oxygen atoms in total. The van der Waals surface area contributed by atoms with Crippen molar-refractivity contribution in [1.29, 1.82) is 0 Å². The minimum atomic E-state index is 0.634. The molecule has 1 N–H and O–H groups in total. The summed E-state index contributed by atoms with van der Waals surface area (Å²) in [4.78, 5) is 2.49. The van der Waals surface area contributed by atoms with E-state index in [1.54, 1.807) is 0 Å². The zero-order chi connectivity index (χ0) is 12.0. The van der Waals surface area contributed by atoms with Crippen LogP contribution < -0.4 is 5.32 Å². The van der Waals surface area contributed by atoms with Crippen LogP contribution in [-0.2, 0) is 4.74 Å². The second-order valence-electron chi connectivity index (χ2n) is 5.30. The van der Waals surface area contributed by atoms with Crippen molar-refractivity contribution in [2.24, 2.45) is 11.8 Å². The molecular formula is C13H28N2O. The van der Waals surface area contributed by atoms with Crippen LogP contribution in [0.4, 0.5) is 0 Å². The smallest absolute Gasteiger partial charge is 0.0506 e. The van der Waals surface area contributed by atoms with Gasteiger partial charge >= 0.3 is 0 Å². The lowest BCUT2D eigenvalue weighted by atomic mass is 9.98. The maximum atomic E-state index is 5.53. The third kappa shape index (κ3) is 4.40. The van der Waals surface area contributed by atoms with Crippen LogP contribution in [0.5, 0.6) is 0 Å². The van der Waals surface area contributed by atoms with Gasteiger partial charge < -0.3 is 15.0 Å². The Morgan fingerprint density at radius 2 is 2.19 bits per heavy atom. The van der Waals surface area contributed by atoms with Gasteiger partial charge in [0.2, 0.25) is 0 Å². The maximum Gasteiger partial charge on any atom is 0.0506 e. The van der Waals surface area contributed by atoms with Gasteiger partial charge in [0.15, 0.2) is 0 Å². The van der Waals surface area contributed by atoms with Crippen molar-refractivity contribution in [3.8, 4) is 0 Å². The summed E-state index contributed by atoms with van der Waals surface area (Å²) < 4.78 is 5.53. The Morgan fingerprint density at radius 1 is 1.44 bits per heavy atom. The molecule has 0 saturated carbocycles. The van der Waals surface area contributed by atoms with E-state index >= 15 is 0 Å². The Bertz CT molecular complexity index is 181. The maximum absolute atomic E-state index is 5.53. The fraction of sp³-hybridized carbons (Fsp3) is 1.00. The van der Waals surface area contributed by atoms with E-state index in [1.807, 2.05) is 7.05 Å². The van der Waals surface area contributed by atoms with Gasteiger partial charge in [0, 0.05) is 19.2 Å². The van der Waals surface area contributed by atoms with Crippen molar-refractivity contribution in [1.82, 2.24) is 10.2 Å². The molecule has 0 radical (unpaired) electrons. The Balaban J connectivity index is 2.29. The van der Waals surface area contributed by atoms with E-state index in [4.69, 9.17) is 4.74 Å². The van der Waals surface area contributed by atoms with E-state index in [0.29, 0.717) is 12.0 Å². The van der Waals surface area contributed by atoms with Crippen molar-refractivity contribution in [2.45, 2.75) is 32.7 Å². The quantitative estimate of drug-likeness (QED) is 0.747. The zero-order valence-corrected chi connectivity index (χ0v) is 11.3. The van der Waals surface area contributed by atoms with Gasteiger partial charge in [-0.3, -0.25) is 0 Å². The standard InChI is InChI=1S/C13H28N2O/c1-11(8-14-3)12(2)15(4)9-13-6-5-7-16-10-13/h11-14H,5-10H2,1-4H3. The minimum Gasteiger partial charge on any atom is -0.381 e. The number of hydrogen-bond donors (Lipinski definition) is 1. The van der Waals surface area contributed by atoms with Gasteiger partial charge in [-0.25, -0.2) is 0 Å². The predicted octanol–water partition coefficient (Wildman–Crippen LogP) is 1.59. The first-order valence-corrected chi connectivity index (χ1v) is 6.57. The number of nitrogens with zero attached hydrogens (tertiary/aromatic N) is 1. The molecule has 16 heavy (non-hydrogen) atoms. The van der Waals surface area contributed by atoms with Crippen LogP contribution >= 0.6 is 0 Å². The van der Waals surface area contributed by atoms with Gasteiger partial charge in [0.05, 0.1) is 6.61 Å². The second-order valence-corrected chi connectivity index (χ2v) is 5.30. The van der Waals surface area contributed by atoms with E-state index < -0.39 is 0 Å². The molecule has 1 aliphatic heterocycles. The lowest BCUT2D eigenvalue weighted by Crippen LogP contribution is -2.42. The SMILES string of the molecule is CNCC(C)C(C)N(C)CC1CCCOC1. The third-order valence-electron chi connectivity index (χ3n) is 3.85. The number of rotatable bonds is 6. The number of nitrogens with one attached hydrogen (secondary N) is 1. The van der Waals surface area contributed by atoms with Crippen LogP contribution in [0.2, 0.25) is 0 Å². The first-order valence-electron chi connectivity index (χ1n) is 6.57. The molecule has 3 heteroatoms. The number of hydrogen-bond acceptors (Lipinski definition) is 3. The highest BCUT2D eigenvalue weighted by Crippen LogP contribution is 2.17. The first-order chi connectivity index (χ1) is 7.65. The molecule has 0 aromatic rings. The fourth-order valence-corrected chi connectivity index (χ4v) is 2.45. The van der Waals surface area contributed by atoms with Gasteiger partial charge in [0.25, 0.3) is 0 Å². The van der Waals surface area contributed by atoms with Crippen molar-refractivity contribution < 1.29 is 4.74 Å². The van der Waals surface area contributed by atoms with Gasteiger partial charge in [-0.2, -0.15) is 0 Å². The van der Waals surface area contributed by atoms with Crippen LogP contribution in [0.15, 0.2) is 0 Å². The summed E-state index contributed by atoms with van der Waals surface area (Å²) in [6, 6.07) is 0.634. The Morgan fingerprint density at radius 3 is 2.75 bits per heavy atom. The first kappa shape index (κ1) is 13.9. The largest absolute Gasteiger partial charge is 0.381 e. The van der Waals surface area contributed by atoms with Crippen LogP contribution in [0.25, 0.3) is 0 Å². The molecule has 0 aromatic carbocycles. The summed E-state index contributed by atoms with van der Waals surface area (Å²) >= 11 is 0. The van der Waals surface area contributed by atoms with E-state index in [0.717, 1.165) is 25.7 Å². The zero-order valence-electron chi connectivity index (χ0n) is 11.3. The van der Waals surface area contributed by atoms with Crippen molar-refractivity contribution >= 4 is 0 Å². The van der Waals surface area contributed by atoms with Crippen LogP contribution in [0.1, 0.15) is 26.7 Å². The molecule has 3 unspecified atom stereocenters. The molecule has 1 heterocycles. The van der Waals surface area contributed by atoms with Crippen LogP contribution in [0, 0.1) is 11.8 Å². The molecule has 0 bridgehead atoms. The summed E-state index contributed by atoms with van der Waals surface area (Å²) in [5.74, 6) is 1.43. The third-order valence-corrected chi connectivity index (χ3v) is 3.85. The van der Waals surface area contributed by atoms with Crippen LogP contribution in [-0.4, -0.2) is 51.3 Å². The molecule has 0 aliphatic carbocycles. The fourth-order valence-electron chi connectivity index (χ4n) is 2.45. The molecule has 96 valence electrons. The summed E-state index contributed by atoms with van der Waals surface area (Å²) in [6.45, 7) is 8.83. The molecule has 1 saturated heterocycles. The van der Waals surface area contributed by atoms with Crippen molar-refractivity contribution in [3.05, 3.63) is 0 Å². The average molecular weight is 228 g/mol. The summed E-state index contributed by atoms with van der Waals surface area (Å²) in [5.41, 5.74) is 0. The molecule has 1 rings (SSSR count). The van der Waals surface area contributed by atoms with E-state index in [2.05, 4.69) is 31.1 Å². The Hall–Kier alpha value is -0.120. The molecule has 0 amide bonds. The van der Waals surface area contributed by atoms with Crippen LogP contribution in [0.3, 0.4) is 0 Å². The van der Waals surface area contributed by atoms with Gasteiger partial charge in [-0.15, -0.1) is 0 Å². The predicted molar refractivity (Wildman–Crippen MR) is 68.7 cm³/mol. The second kappa shape index (κ2) is 7.25. The van der Waals surface area contributed by atoms with Crippen molar-refractivity contribution in [3.63, 3.8) is 0 Å². The number of ether oxygens (including phenoxy) is 1. The average Bonchev–Trinajstić information content (AvgIpc) is 2.29. The lowest BCUT2D eigenvalue weighted by molar-refractivity contribution is 0.0335. The van der Waals surface area contributed by atoms with Gasteiger partial charge in [-0.1, -0.05) is 6.92 Å². The summed E-state index contributed by atoms with van der Waals surface area (Å²) in [5, 5.41) is 3.26. The summed E-state index contributed by atoms with van der Waals surface area (Å²) in [7, 11) is 4.27. The Kier molecular flexibility index (Phi) is 6.32. The van der Waals surface area contributed by atoms with E-state index in [-0.39, 0.29) is 0 Å². The van der Waals surface area contributed by atoms with E-state index in [1.165, 1.54) is 19.4 Å². The normalized spacial score (nSPS) is 25.7.